The number of nitrogens with zero attached hydrogens (tertiary/aromatic N) is 1. The largest absolute Gasteiger partial charge is 0.493 e. The standard InChI is InChI=1S/C19H22N2O5/c1-11(2)5-4-10-26-14-7-3-6-12-16(14)19(25)21(18(12)24)13-8-9-15(22)20-17(13)23/h3,6-7,11,13H,4-5,8-10H2,1-2H3,(H,20,22,23). The van der Waals surface area contributed by atoms with Gasteiger partial charge >= 0.3 is 0 Å². The Morgan fingerprint density at radius 1 is 1.19 bits per heavy atom. The zero-order valence-electron chi connectivity index (χ0n) is 14.9. The molecule has 0 bridgehead atoms. The van der Waals surface area contributed by atoms with Crippen molar-refractivity contribution in [3.63, 3.8) is 0 Å². The Hall–Kier alpha value is -2.70. The Bertz CT molecular complexity index is 771. The van der Waals surface area contributed by atoms with Crippen molar-refractivity contribution in [1.82, 2.24) is 10.2 Å². The molecule has 0 saturated carbocycles. The molecule has 0 spiro atoms. The topological polar surface area (TPSA) is 92.8 Å². The summed E-state index contributed by atoms with van der Waals surface area (Å²) in [5.41, 5.74) is 0.438. The first-order valence-corrected chi connectivity index (χ1v) is 8.87. The third-order valence-corrected chi connectivity index (χ3v) is 4.61. The van der Waals surface area contributed by atoms with Gasteiger partial charge in [0, 0.05) is 6.42 Å². The highest BCUT2D eigenvalue weighted by Gasteiger charge is 2.45. The van der Waals surface area contributed by atoms with Crippen LogP contribution >= 0.6 is 0 Å². The lowest BCUT2D eigenvalue weighted by molar-refractivity contribution is -0.136. The van der Waals surface area contributed by atoms with Crippen LogP contribution in [0, 0.1) is 5.92 Å². The van der Waals surface area contributed by atoms with Crippen LogP contribution in [0.2, 0.25) is 0 Å². The number of imide groups is 2. The first-order valence-electron chi connectivity index (χ1n) is 8.87. The lowest BCUT2D eigenvalue weighted by Gasteiger charge is -2.27. The highest BCUT2D eigenvalue weighted by Crippen LogP contribution is 2.33. The summed E-state index contributed by atoms with van der Waals surface area (Å²) in [7, 11) is 0. The second-order valence-electron chi connectivity index (χ2n) is 7.01. The molecule has 7 heteroatoms. The van der Waals surface area contributed by atoms with Crippen LogP contribution in [0.15, 0.2) is 18.2 Å². The monoisotopic (exact) mass is 358 g/mol. The molecule has 1 saturated heterocycles. The van der Waals surface area contributed by atoms with Crippen molar-refractivity contribution in [2.75, 3.05) is 6.61 Å². The summed E-state index contributed by atoms with van der Waals surface area (Å²) in [5, 5.41) is 2.19. The summed E-state index contributed by atoms with van der Waals surface area (Å²) >= 11 is 0. The maximum absolute atomic E-state index is 12.9. The van der Waals surface area contributed by atoms with Crippen molar-refractivity contribution < 1.29 is 23.9 Å². The fourth-order valence-electron chi connectivity index (χ4n) is 3.28. The molecule has 1 unspecified atom stereocenters. The summed E-state index contributed by atoms with van der Waals surface area (Å²) in [5.74, 6) is -1.15. The van der Waals surface area contributed by atoms with Gasteiger partial charge in [-0.3, -0.25) is 29.4 Å². The van der Waals surface area contributed by atoms with E-state index in [1.807, 2.05) is 0 Å². The molecule has 0 radical (unpaired) electrons. The predicted octanol–water partition coefficient (Wildman–Crippen LogP) is 1.90. The zero-order valence-corrected chi connectivity index (χ0v) is 14.9. The number of rotatable bonds is 6. The molecule has 1 fully saturated rings. The quantitative estimate of drug-likeness (QED) is 0.619. The number of piperidine rings is 1. The number of amides is 4. The molecule has 3 rings (SSSR count). The van der Waals surface area contributed by atoms with E-state index in [2.05, 4.69) is 19.2 Å². The molecule has 2 heterocycles. The van der Waals surface area contributed by atoms with E-state index in [1.54, 1.807) is 18.2 Å². The minimum absolute atomic E-state index is 0.0996. The first-order chi connectivity index (χ1) is 12.4. The van der Waals surface area contributed by atoms with E-state index in [-0.39, 0.29) is 24.0 Å². The van der Waals surface area contributed by atoms with Gasteiger partial charge in [-0.1, -0.05) is 19.9 Å². The number of nitrogens with one attached hydrogen (secondary N) is 1. The van der Waals surface area contributed by atoms with Crippen LogP contribution in [-0.2, 0) is 9.59 Å². The number of benzene rings is 1. The van der Waals surface area contributed by atoms with E-state index in [1.165, 1.54) is 0 Å². The average molecular weight is 358 g/mol. The summed E-state index contributed by atoms with van der Waals surface area (Å²) in [4.78, 5) is 49.9. The third kappa shape index (κ3) is 3.34. The molecule has 1 N–H and O–H groups in total. The second-order valence-corrected chi connectivity index (χ2v) is 7.01. The Morgan fingerprint density at radius 3 is 2.65 bits per heavy atom. The molecule has 1 atom stereocenters. The van der Waals surface area contributed by atoms with Crippen LogP contribution in [0.1, 0.15) is 60.2 Å². The van der Waals surface area contributed by atoms with E-state index in [4.69, 9.17) is 4.74 Å². The number of hydrogen-bond acceptors (Lipinski definition) is 5. The van der Waals surface area contributed by atoms with E-state index < -0.39 is 29.7 Å². The Morgan fingerprint density at radius 2 is 1.96 bits per heavy atom. The minimum Gasteiger partial charge on any atom is -0.493 e. The third-order valence-electron chi connectivity index (χ3n) is 4.61. The van der Waals surface area contributed by atoms with Crippen molar-refractivity contribution in [3.05, 3.63) is 29.3 Å². The lowest BCUT2D eigenvalue weighted by atomic mass is 10.0. The second kappa shape index (κ2) is 7.27. The van der Waals surface area contributed by atoms with Gasteiger partial charge in [0.25, 0.3) is 11.8 Å². The van der Waals surface area contributed by atoms with Gasteiger partial charge in [-0.15, -0.1) is 0 Å². The maximum atomic E-state index is 12.9. The first kappa shape index (κ1) is 18.1. The van der Waals surface area contributed by atoms with Crippen LogP contribution in [0.25, 0.3) is 0 Å². The highest BCUT2D eigenvalue weighted by atomic mass is 16.5. The fraction of sp³-hybridized carbons (Fsp3) is 0.474. The molecule has 0 aromatic heterocycles. The molecule has 26 heavy (non-hydrogen) atoms. The smallest absolute Gasteiger partial charge is 0.266 e. The predicted molar refractivity (Wildman–Crippen MR) is 92.7 cm³/mol. The number of ether oxygens (including phenoxy) is 1. The zero-order chi connectivity index (χ0) is 18.8. The normalized spacial score (nSPS) is 19.8. The van der Waals surface area contributed by atoms with Gasteiger partial charge in [0.1, 0.15) is 11.8 Å². The van der Waals surface area contributed by atoms with Crippen LogP contribution in [0.3, 0.4) is 0 Å². The van der Waals surface area contributed by atoms with Crippen LogP contribution < -0.4 is 10.1 Å². The number of carbonyl (C=O) groups is 4. The molecule has 1 aromatic rings. The van der Waals surface area contributed by atoms with Gasteiger partial charge in [0.15, 0.2) is 0 Å². The van der Waals surface area contributed by atoms with Crippen LogP contribution in [0.4, 0.5) is 0 Å². The molecule has 2 aliphatic rings. The molecular formula is C19H22N2O5. The van der Waals surface area contributed by atoms with Crippen molar-refractivity contribution in [1.29, 1.82) is 0 Å². The molecule has 7 nitrogen and oxygen atoms in total. The molecule has 2 aliphatic heterocycles. The SMILES string of the molecule is CC(C)CCCOc1cccc2c1C(=O)N(C1CCC(=O)NC1=O)C2=O. The summed E-state index contributed by atoms with van der Waals surface area (Å²) in [6, 6.07) is 3.92. The molecule has 138 valence electrons. The summed E-state index contributed by atoms with van der Waals surface area (Å²) < 4.78 is 5.74. The van der Waals surface area contributed by atoms with E-state index in [0.717, 1.165) is 17.7 Å². The van der Waals surface area contributed by atoms with Crippen LogP contribution in [0.5, 0.6) is 5.75 Å². The van der Waals surface area contributed by atoms with Gasteiger partial charge in [-0.2, -0.15) is 0 Å². The Kier molecular flexibility index (Phi) is 5.06. The number of carbonyl (C=O) groups excluding carboxylic acids is 4. The average Bonchev–Trinajstić information content (AvgIpc) is 2.84. The minimum atomic E-state index is -0.964. The molecule has 1 aromatic carbocycles. The lowest BCUT2D eigenvalue weighted by Crippen LogP contribution is -2.54. The van der Waals surface area contributed by atoms with Crippen molar-refractivity contribution >= 4 is 23.6 Å². The van der Waals surface area contributed by atoms with Crippen LogP contribution in [-0.4, -0.2) is 41.2 Å². The van der Waals surface area contributed by atoms with E-state index in [9.17, 15) is 19.2 Å². The highest BCUT2D eigenvalue weighted by molar-refractivity contribution is 6.24. The Balaban J connectivity index is 1.80. The molecule has 4 amide bonds. The van der Waals surface area contributed by atoms with E-state index >= 15 is 0 Å². The summed E-state index contributed by atoms with van der Waals surface area (Å²) in [6.07, 6.45) is 2.09. The fourth-order valence-corrected chi connectivity index (χ4v) is 3.28. The van der Waals surface area contributed by atoms with E-state index in [0.29, 0.717) is 18.3 Å². The van der Waals surface area contributed by atoms with Crippen molar-refractivity contribution in [2.45, 2.75) is 45.6 Å². The maximum Gasteiger partial charge on any atom is 0.266 e. The van der Waals surface area contributed by atoms with Gasteiger partial charge < -0.3 is 4.74 Å². The number of fused-ring (bicyclic) bond motifs is 1. The van der Waals surface area contributed by atoms with Crippen molar-refractivity contribution in [2.24, 2.45) is 5.92 Å². The Labute approximate surface area is 151 Å². The molecule has 0 aliphatic carbocycles. The molecular weight excluding hydrogens is 336 g/mol. The van der Waals surface area contributed by atoms with Gasteiger partial charge in [-0.25, -0.2) is 0 Å². The summed E-state index contributed by atoms with van der Waals surface area (Å²) in [6.45, 7) is 4.70. The van der Waals surface area contributed by atoms with Crippen molar-refractivity contribution in [3.8, 4) is 5.75 Å². The van der Waals surface area contributed by atoms with Gasteiger partial charge in [-0.05, 0) is 37.3 Å². The van der Waals surface area contributed by atoms with Gasteiger partial charge in [0.05, 0.1) is 17.7 Å². The number of hydrogen-bond donors (Lipinski definition) is 1. The van der Waals surface area contributed by atoms with Gasteiger partial charge in [0.2, 0.25) is 11.8 Å².